The zero-order chi connectivity index (χ0) is 17.2. The predicted molar refractivity (Wildman–Crippen MR) is 99.1 cm³/mol. The molecule has 1 aromatic heterocycles. The summed E-state index contributed by atoms with van der Waals surface area (Å²) < 4.78 is 5.91. The molecule has 1 heterocycles. The molecule has 0 aliphatic rings. The van der Waals surface area contributed by atoms with Gasteiger partial charge in [0.25, 0.3) is 0 Å². The summed E-state index contributed by atoms with van der Waals surface area (Å²) in [4.78, 5) is 8.90. The van der Waals surface area contributed by atoms with E-state index in [9.17, 15) is 0 Å². The number of ether oxygens (including phenoxy) is 1. The zero-order valence-electron chi connectivity index (χ0n) is 15.1. The highest BCUT2D eigenvalue weighted by Crippen LogP contribution is 2.21. The van der Waals surface area contributed by atoms with Crippen LogP contribution in [0.25, 0.3) is 0 Å². The molecule has 0 atom stereocenters. The number of pyridine rings is 1. The number of benzene rings is 1. The molecule has 4 heteroatoms. The molecule has 130 valence electrons. The molecule has 0 fully saturated rings. The van der Waals surface area contributed by atoms with Gasteiger partial charge in [-0.25, -0.2) is 0 Å². The van der Waals surface area contributed by atoms with Crippen LogP contribution in [-0.4, -0.2) is 48.6 Å². The zero-order valence-corrected chi connectivity index (χ0v) is 15.1. The second kappa shape index (κ2) is 10.1. The predicted octanol–water partition coefficient (Wildman–Crippen LogP) is 3.43. The average Bonchev–Trinajstić information content (AvgIpc) is 2.60. The lowest BCUT2D eigenvalue weighted by atomic mass is 10.1. The van der Waals surface area contributed by atoms with Crippen LogP contribution in [-0.2, 0) is 13.1 Å². The Hall–Kier alpha value is -1.91. The van der Waals surface area contributed by atoms with E-state index in [0.29, 0.717) is 0 Å². The number of para-hydroxylation sites is 1. The van der Waals surface area contributed by atoms with Crippen molar-refractivity contribution in [1.29, 1.82) is 0 Å². The minimum Gasteiger partial charge on any atom is -0.493 e. The summed E-state index contributed by atoms with van der Waals surface area (Å²) in [7, 11) is 4.22. The van der Waals surface area contributed by atoms with Crippen molar-refractivity contribution in [2.45, 2.75) is 26.4 Å². The van der Waals surface area contributed by atoms with Crippen molar-refractivity contribution in [2.24, 2.45) is 0 Å². The van der Waals surface area contributed by atoms with Crippen LogP contribution in [0.15, 0.2) is 48.8 Å². The fraction of sp³-hybridized carbons (Fsp3) is 0.450. The molecule has 4 nitrogen and oxygen atoms in total. The lowest BCUT2D eigenvalue weighted by Gasteiger charge is -2.25. The Kier molecular flexibility index (Phi) is 7.72. The van der Waals surface area contributed by atoms with Gasteiger partial charge >= 0.3 is 0 Å². The average molecular weight is 327 g/mol. The summed E-state index contributed by atoms with van der Waals surface area (Å²) in [6, 6.07) is 12.5. The molecular formula is C20H29N3O. The molecule has 2 aromatic rings. The van der Waals surface area contributed by atoms with Crippen molar-refractivity contribution < 1.29 is 4.74 Å². The Morgan fingerprint density at radius 3 is 2.54 bits per heavy atom. The van der Waals surface area contributed by atoms with Crippen molar-refractivity contribution in [3.63, 3.8) is 0 Å². The molecule has 0 unspecified atom stereocenters. The van der Waals surface area contributed by atoms with E-state index in [-0.39, 0.29) is 0 Å². The molecule has 0 saturated heterocycles. The second-order valence-corrected chi connectivity index (χ2v) is 6.33. The summed E-state index contributed by atoms with van der Waals surface area (Å²) in [5.41, 5.74) is 2.48. The maximum atomic E-state index is 5.91. The van der Waals surface area contributed by atoms with E-state index in [1.807, 2.05) is 24.5 Å². The van der Waals surface area contributed by atoms with E-state index < -0.39 is 0 Å². The highest BCUT2D eigenvalue weighted by Gasteiger charge is 2.11. The summed E-state index contributed by atoms with van der Waals surface area (Å²) >= 11 is 0. The smallest absolute Gasteiger partial charge is 0.123 e. The lowest BCUT2D eigenvalue weighted by molar-refractivity contribution is 0.221. The molecule has 0 saturated carbocycles. The molecule has 24 heavy (non-hydrogen) atoms. The van der Waals surface area contributed by atoms with Gasteiger partial charge in [-0.15, -0.1) is 0 Å². The van der Waals surface area contributed by atoms with Crippen molar-refractivity contribution in [1.82, 2.24) is 14.8 Å². The topological polar surface area (TPSA) is 28.6 Å². The van der Waals surface area contributed by atoms with Crippen LogP contribution in [0, 0.1) is 0 Å². The minimum absolute atomic E-state index is 0.761. The maximum absolute atomic E-state index is 5.91. The van der Waals surface area contributed by atoms with E-state index in [1.165, 1.54) is 11.1 Å². The lowest BCUT2D eigenvalue weighted by Crippen LogP contribution is -2.31. The third-order valence-corrected chi connectivity index (χ3v) is 3.82. The molecule has 0 bridgehead atoms. The van der Waals surface area contributed by atoms with E-state index in [2.05, 4.69) is 60.1 Å². The number of rotatable bonds is 10. The number of hydrogen-bond donors (Lipinski definition) is 0. The van der Waals surface area contributed by atoms with E-state index >= 15 is 0 Å². The Balaban J connectivity index is 2.09. The molecule has 0 spiro atoms. The first kappa shape index (κ1) is 18.4. The Bertz CT molecular complexity index is 586. The molecule has 1 aromatic carbocycles. The summed E-state index contributed by atoms with van der Waals surface area (Å²) in [6.45, 7) is 6.69. The van der Waals surface area contributed by atoms with Crippen LogP contribution < -0.4 is 4.74 Å². The number of nitrogens with zero attached hydrogens (tertiary/aromatic N) is 3. The Morgan fingerprint density at radius 1 is 1.00 bits per heavy atom. The quantitative estimate of drug-likeness (QED) is 0.668. The minimum atomic E-state index is 0.761. The van der Waals surface area contributed by atoms with Crippen molar-refractivity contribution in [3.05, 3.63) is 59.9 Å². The maximum Gasteiger partial charge on any atom is 0.123 e. The van der Waals surface area contributed by atoms with Crippen LogP contribution in [0.1, 0.15) is 24.5 Å². The Morgan fingerprint density at radius 2 is 1.83 bits per heavy atom. The molecule has 0 radical (unpaired) electrons. The van der Waals surface area contributed by atoms with Gasteiger partial charge in [-0.1, -0.05) is 31.2 Å². The van der Waals surface area contributed by atoms with Gasteiger partial charge in [-0.3, -0.25) is 9.88 Å². The third kappa shape index (κ3) is 6.30. The number of aromatic nitrogens is 1. The van der Waals surface area contributed by atoms with Gasteiger partial charge in [0, 0.05) is 44.1 Å². The van der Waals surface area contributed by atoms with E-state index in [0.717, 1.165) is 45.0 Å². The highest BCUT2D eigenvalue weighted by atomic mass is 16.5. The monoisotopic (exact) mass is 327 g/mol. The molecule has 2 rings (SSSR count). The normalized spacial score (nSPS) is 11.2. The molecule has 0 amide bonds. The second-order valence-electron chi connectivity index (χ2n) is 6.33. The largest absolute Gasteiger partial charge is 0.493 e. The Labute approximate surface area is 146 Å². The molecule has 0 N–H and O–H groups in total. The fourth-order valence-electron chi connectivity index (χ4n) is 2.53. The highest BCUT2D eigenvalue weighted by molar-refractivity contribution is 5.33. The van der Waals surface area contributed by atoms with Crippen LogP contribution in [0.5, 0.6) is 5.75 Å². The van der Waals surface area contributed by atoms with Gasteiger partial charge in [0.2, 0.25) is 0 Å². The first-order valence-corrected chi connectivity index (χ1v) is 8.65. The van der Waals surface area contributed by atoms with Gasteiger partial charge < -0.3 is 9.64 Å². The van der Waals surface area contributed by atoms with Crippen molar-refractivity contribution in [3.8, 4) is 5.75 Å². The van der Waals surface area contributed by atoms with Crippen LogP contribution >= 0.6 is 0 Å². The third-order valence-electron chi connectivity index (χ3n) is 3.82. The van der Waals surface area contributed by atoms with Gasteiger partial charge in [-0.2, -0.15) is 0 Å². The number of likely N-dealkylation sites (N-methyl/N-ethyl adjacent to an activating group) is 1. The van der Waals surface area contributed by atoms with Crippen molar-refractivity contribution >= 4 is 0 Å². The molecule has 0 aliphatic carbocycles. The summed E-state index contributed by atoms with van der Waals surface area (Å²) in [5.74, 6) is 1.00. The van der Waals surface area contributed by atoms with Crippen molar-refractivity contribution in [2.75, 3.05) is 33.8 Å². The fourth-order valence-corrected chi connectivity index (χ4v) is 2.53. The van der Waals surface area contributed by atoms with Crippen LogP contribution in [0.2, 0.25) is 0 Å². The van der Waals surface area contributed by atoms with Gasteiger partial charge in [0.1, 0.15) is 5.75 Å². The first-order valence-electron chi connectivity index (χ1n) is 8.65. The standard InChI is InChI=1S/C20H29N3O/c1-4-14-24-20-10-6-5-9-19(20)17-23(13-12-22(2)3)16-18-8-7-11-21-15-18/h5-11,15H,4,12-14,16-17H2,1-3H3. The van der Waals surface area contributed by atoms with Crippen LogP contribution in [0.4, 0.5) is 0 Å². The van der Waals surface area contributed by atoms with E-state index in [4.69, 9.17) is 4.74 Å². The summed E-state index contributed by atoms with van der Waals surface area (Å²) in [6.07, 6.45) is 4.79. The SMILES string of the molecule is CCCOc1ccccc1CN(CCN(C)C)Cc1cccnc1. The molecular weight excluding hydrogens is 298 g/mol. The van der Waals surface area contributed by atoms with Gasteiger partial charge in [0.15, 0.2) is 0 Å². The van der Waals surface area contributed by atoms with Crippen LogP contribution in [0.3, 0.4) is 0 Å². The van der Waals surface area contributed by atoms with Gasteiger partial charge in [-0.05, 0) is 38.2 Å². The summed E-state index contributed by atoms with van der Waals surface area (Å²) in [5, 5.41) is 0. The van der Waals surface area contributed by atoms with Gasteiger partial charge in [0.05, 0.1) is 6.61 Å². The molecule has 0 aliphatic heterocycles. The number of hydrogen-bond acceptors (Lipinski definition) is 4. The van der Waals surface area contributed by atoms with E-state index in [1.54, 1.807) is 0 Å². The first-order chi connectivity index (χ1) is 11.7.